The van der Waals surface area contributed by atoms with Crippen molar-refractivity contribution in [3.63, 3.8) is 0 Å². The van der Waals surface area contributed by atoms with Crippen LogP contribution < -0.4 is 5.32 Å². The number of anilines is 1. The van der Waals surface area contributed by atoms with Gasteiger partial charge in [-0.1, -0.05) is 42.1 Å². The molecule has 0 fully saturated rings. The largest absolute Gasteiger partial charge is 0.325 e. The summed E-state index contributed by atoms with van der Waals surface area (Å²) >= 11 is 1.77. The van der Waals surface area contributed by atoms with Crippen LogP contribution in [0.2, 0.25) is 0 Å². The van der Waals surface area contributed by atoms with Crippen molar-refractivity contribution < 1.29 is 4.79 Å². The Labute approximate surface area is 172 Å². The van der Waals surface area contributed by atoms with Crippen LogP contribution in [0.5, 0.6) is 0 Å². The molecule has 7 heteroatoms. The molecule has 5 rings (SSSR count). The van der Waals surface area contributed by atoms with Crippen molar-refractivity contribution in [3.8, 4) is 16.9 Å². The predicted molar refractivity (Wildman–Crippen MR) is 115 cm³/mol. The minimum Gasteiger partial charge on any atom is -0.325 e. The maximum Gasteiger partial charge on any atom is 0.259 e. The predicted octanol–water partition coefficient (Wildman–Crippen LogP) is 4.40. The number of rotatable bonds is 4. The highest BCUT2D eigenvalue weighted by Crippen LogP contribution is 2.30. The number of carbonyl (C=O) groups is 1. The number of nitrogens with zero attached hydrogens (tertiary/aromatic N) is 4. The zero-order chi connectivity index (χ0) is 19.8. The first-order valence-electron chi connectivity index (χ1n) is 9.41. The lowest BCUT2D eigenvalue weighted by molar-refractivity contribution is 0.102. The number of carbonyl (C=O) groups excluding carboxylic acids is 1. The average molecular weight is 401 g/mol. The fourth-order valence-electron chi connectivity index (χ4n) is 3.47. The lowest BCUT2D eigenvalue weighted by atomic mass is 10.1. The van der Waals surface area contributed by atoms with Gasteiger partial charge in [0.2, 0.25) is 0 Å². The van der Waals surface area contributed by atoms with Crippen molar-refractivity contribution in [1.29, 1.82) is 0 Å². The van der Waals surface area contributed by atoms with E-state index in [1.807, 2.05) is 61.5 Å². The zero-order valence-electron chi connectivity index (χ0n) is 15.9. The normalized spacial score (nSPS) is 12.7. The van der Waals surface area contributed by atoms with Crippen molar-refractivity contribution in [1.82, 2.24) is 19.3 Å². The minimum atomic E-state index is -0.176. The molecule has 3 heterocycles. The summed E-state index contributed by atoms with van der Waals surface area (Å²) in [7, 11) is 0. The molecule has 0 spiro atoms. The van der Waals surface area contributed by atoms with Gasteiger partial charge in [-0.3, -0.25) is 4.79 Å². The number of hydrogen-bond donors (Lipinski definition) is 1. The van der Waals surface area contributed by atoms with Crippen molar-refractivity contribution in [3.05, 3.63) is 78.2 Å². The third kappa shape index (κ3) is 3.34. The highest BCUT2D eigenvalue weighted by molar-refractivity contribution is 7.99. The van der Waals surface area contributed by atoms with E-state index >= 15 is 0 Å². The van der Waals surface area contributed by atoms with Crippen molar-refractivity contribution in [2.24, 2.45) is 0 Å². The first-order chi connectivity index (χ1) is 14.2. The Morgan fingerprint density at radius 3 is 2.83 bits per heavy atom. The van der Waals surface area contributed by atoms with Crippen LogP contribution in [0.4, 0.5) is 5.69 Å². The highest BCUT2D eigenvalue weighted by atomic mass is 32.2. The molecule has 1 amide bonds. The van der Waals surface area contributed by atoms with Gasteiger partial charge in [-0.2, -0.15) is 5.10 Å². The van der Waals surface area contributed by atoms with Crippen LogP contribution in [0.15, 0.2) is 72.1 Å². The quantitative estimate of drug-likeness (QED) is 0.550. The maximum absolute atomic E-state index is 12.9. The number of para-hydroxylation sites is 1. The number of benzene rings is 2. The number of aromatic nitrogens is 4. The van der Waals surface area contributed by atoms with E-state index in [1.165, 1.54) is 0 Å². The van der Waals surface area contributed by atoms with Gasteiger partial charge >= 0.3 is 0 Å². The van der Waals surface area contributed by atoms with E-state index in [2.05, 4.69) is 21.2 Å². The van der Waals surface area contributed by atoms with Gasteiger partial charge in [-0.15, -0.1) is 0 Å². The molecule has 0 unspecified atom stereocenters. The lowest BCUT2D eigenvalue weighted by Gasteiger charge is -2.08. The van der Waals surface area contributed by atoms with Gasteiger partial charge in [0, 0.05) is 29.7 Å². The van der Waals surface area contributed by atoms with Crippen molar-refractivity contribution >= 4 is 23.4 Å². The molecule has 0 bridgehead atoms. The average Bonchev–Trinajstić information content (AvgIpc) is 3.43. The van der Waals surface area contributed by atoms with E-state index in [9.17, 15) is 4.79 Å². The number of imidazole rings is 1. The van der Waals surface area contributed by atoms with Gasteiger partial charge in [0.25, 0.3) is 5.91 Å². The summed E-state index contributed by atoms with van der Waals surface area (Å²) in [5, 5.41) is 8.43. The first kappa shape index (κ1) is 17.8. The van der Waals surface area contributed by atoms with E-state index in [0.29, 0.717) is 5.56 Å². The maximum atomic E-state index is 12.9. The Bertz CT molecular complexity index is 1170. The van der Waals surface area contributed by atoms with E-state index in [1.54, 1.807) is 22.6 Å². The van der Waals surface area contributed by atoms with Crippen molar-refractivity contribution in [2.45, 2.75) is 18.6 Å². The summed E-state index contributed by atoms with van der Waals surface area (Å²) in [5.41, 5.74) is 4.93. The summed E-state index contributed by atoms with van der Waals surface area (Å²) in [6.45, 7) is 2.89. The van der Waals surface area contributed by atoms with E-state index in [0.717, 1.165) is 45.8 Å². The van der Waals surface area contributed by atoms with E-state index in [4.69, 9.17) is 4.98 Å². The molecule has 1 N–H and O–H groups in total. The third-order valence-electron chi connectivity index (χ3n) is 4.97. The second-order valence-electron chi connectivity index (χ2n) is 6.88. The summed E-state index contributed by atoms with van der Waals surface area (Å²) in [4.78, 5) is 17.5. The Hall–Kier alpha value is -3.32. The van der Waals surface area contributed by atoms with Crippen LogP contribution in [0, 0.1) is 6.92 Å². The van der Waals surface area contributed by atoms with Crippen LogP contribution in [0.3, 0.4) is 0 Å². The number of hydrogen-bond acceptors (Lipinski definition) is 4. The molecule has 0 aliphatic carbocycles. The molecule has 4 aromatic rings. The molecule has 29 heavy (non-hydrogen) atoms. The Morgan fingerprint density at radius 1 is 1.14 bits per heavy atom. The number of fused-ring (bicyclic) bond motifs is 1. The van der Waals surface area contributed by atoms with Gasteiger partial charge in [-0.05, 0) is 31.2 Å². The molecule has 0 saturated heterocycles. The van der Waals surface area contributed by atoms with Crippen LogP contribution in [-0.4, -0.2) is 31.0 Å². The number of aryl methyl sites for hydroxylation is 1. The fraction of sp³-hybridized carbons (Fsp3) is 0.136. The Kier molecular flexibility index (Phi) is 4.44. The van der Waals surface area contributed by atoms with Crippen LogP contribution >= 0.6 is 11.8 Å². The second kappa shape index (κ2) is 7.25. The lowest BCUT2D eigenvalue weighted by Crippen LogP contribution is -2.13. The van der Waals surface area contributed by atoms with E-state index < -0.39 is 0 Å². The number of nitrogens with one attached hydrogen (secondary N) is 1. The summed E-state index contributed by atoms with van der Waals surface area (Å²) in [5.74, 6) is 0.902. The summed E-state index contributed by atoms with van der Waals surface area (Å²) < 4.78 is 3.95. The Morgan fingerprint density at radius 2 is 2.00 bits per heavy atom. The molecular formula is C22H19N5OS. The molecule has 0 saturated carbocycles. The zero-order valence-corrected chi connectivity index (χ0v) is 16.7. The fourth-order valence-corrected chi connectivity index (χ4v) is 4.41. The number of amides is 1. The molecule has 2 aromatic heterocycles. The molecule has 0 atom stereocenters. The third-order valence-corrected chi connectivity index (χ3v) is 5.95. The molecule has 0 radical (unpaired) electrons. The van der Waals surface area contributed by atoms with Gasteiger partial charge in [0.15, 0.2) is 5.16 Å². The highest BCUT2D eigenvalue weighted by Gasteiger charge is 2.17. The van der Waals surface area contributed by atoms with E-state index in [-0.39, 0.29) is 5.91 Å². The second-order valence-corrected chi connectivity index (χ2v) is 7.94. The summed E-state index contributed by atoms with van der Waals surface area (Å²) in [6, 6.07) is 17.6. The van der Waals surface area contributed by atoms with Crippen LogP contribution in [0.1, 0.15) is 16.1 Å². The summed E-state index contributed by atoms with van der Waals surface area (Å²) in [6.07, 6.45) is 3.68. The molecule has 1 aliphatic heterocycles. The molecule has 6 nitrogen and oxygen atoms in total. The van der Waals surface area contributed by atoms with Gasteiger partial charge < -0.3 is 9.88 Å². The molecule has 1 aliphatic rings. The smallest absolute Gasteiger partial charge is 0.259 e. The minimum absolute atomic E-state index is 0.176. The molecule has 2 aromatic carbocycles. The topological polar surface area (TPSA) is 64.7 Å². The van der Waals surface area contributed by atoms with Crippen LogP contribution in [-0.2, 0) is 6.54 Å². The van der Waals surface area contributed by atoms with Gasteiger partial charge in [-0.25, -0.2) is 9.67 Å². The first-order valence-corrected chi connectivity index (χ1v) is 10.4. The molecular weight excluding hydrogens is 382 g/mol. The van der Waals surface area contributed by atoms with Crippen molar-refractivity contribution in [2.75, 3.05) is 11.1 Å². The van der Waals surface area contributed by atoms with Gasteiger partial charge in [0.05, 0.1) is 28.8 Å². The van der Waals surface area contributed by atoms with Crippen LogP contribution in [0.25, 0.3) is 16.9 Å². The molecule has 144 valence electrons. The van der Waals surface area contributed by atoms with Gasteiger partial charge in [0.1, 0.15) is 0 Å². The monoisotopic (exact) mass is 401 g/mol. The Balaban J connectivity index is 1.38. The SMILES string of the molecule is Cc1c(C(=O)Nc2cccc(-c3cn4c(n3)SCC4)c2)cnn1-c1ccccc1. The number of thioether (sulfide) groups is 1. The standard InChI is InChI=1S/C22H19N5OS/c1-15-19(13-23-27(15)18-8-3-2-4-9-18)21(28)24-17-7-5-6-16(12-17)20-14-26-10-11-29-22(26)25-20/h2-9,12-14H,10-11H2,1H3,(H,24,28).